The number of thioether (sulfide) groups is 1. The Hall–Kier alpha value is -2.80. The Kier molecular flexibility index (Phi) is 5.58. The van der Waals surface area contributed by atoms with Gasteiger partial charge in [0.2, 0.25) is 11.1 Å². The molecule has 2 N–H and O–H groups in total. The minimum absolute atomic E-state index is 0.0883. The van der Waals surface area contributed by atoms with Crippen molar-refractivity contribution in [2.45, 2.75) is 24.3 Å². The lowest BCUT2D eigenvalue weighted by Crippen LogP contribution is -2.22. The number of H-pyrrole nitrogens is 1. The average molecular weight is 368 g/mol. The molecule has 0 fully saturated rings. The number of carbonyl (C=O) groups excluding carboxylic acids is 1. The quantitative estimate of drug-likeness (QED) is 0.645. The lowest BCUT2D eigenvalue weighted by Gasteiger charge is -2.10. The first kappa shape index (κ1) is 18.0. The summed E-state index contributed by atoms with van der Waals surface area (Å²) in [6, 6.07) is 15.2. The van der Waals surface area contributed by atoms with Gasteiger partial charge in [0.15, 0.2) is 5.82 Å². The molecule has 7 heteroatoms. The van der Waals surface area contributed by atoms with Gasteiger partial charge in [-0.05, 0) is 50.2 Å². The van der Waals surface area contributed by atoms with Gasteiger partial charge in [0, 0.05) is 11.3 Å². The van der Waals surface area contributed by atoms with Crippen molar-refractivity contribution in [3.8, 4) is 17.1 Å². The van der Waals surface area contributed by atoms with Gasteiger partial charge >= 0.3 is 0 Å². The molecule has 0 aliphatic rings. The Morgan fingerprint density at radius 1 is 1.15 bits per heavy atom. The standard InChI is InChI=1S/C19H20N4O2S/c1-12-4-8-15(9-5-12)20-18(24)13(2)26-19-21-17(22-23-19)14-6-10-16(25-3)11-7-14/h4-11,13H,1-3H3,(H,20,24)(H,21,22,23)/t13-/m0/s1. The summed E-state index contributed by atoms with van der Waals surface area (Å²) in [5.41, 5.74) is 2.83. The van der Waals surface area contributed by atoms with Crippen LogP contribution in [0.2, 0.25) is 0 Å². The van der Waals surface area contributed by atoms with Crippen molar-refractivity contribution < 1.29 is 9.53 Å². The van der Waals surface area contributed by atoms with E-state index in [0.717, 1.165) is 22.6 Å². The molecule has 0 spiro atoms. The van der Waals surface area contributed by atoms with Crippen LogP contribution in [-0.4, -0.2) is 33.4 Å². The molecule has 0 radical (unpaired) electrons. The number of ether oxygens (including phenoxy) is 1. The van der Waals surface area contributed by atoms with Crippen LogP contribution in [0, 0.1) is 6.92 Å². The van der Waals surface area contributed by atoms with Crippen LogP contribution in [0.25, 0.3) is 11.4 Å². The molecule has 6 nitrogen and oxygen atoms in total. The summed E-state index contributed by atoms with van der Waals surface area (Å²) >= 11 is 1.31. The highest BCUT2D eigenvalue weighted by Gasteiger charge is 2.17. The maximum atomic E-state index is 12.3. The van der Waals surface area contributed by atoms with Gasteiger partial charge in [-0.2, -0.15) is 0 Å². The molecule has 1 amide bonds. The van der Waals surface area contributed by atoms with E-state index < -0.39 is 0 Å². The normalized spacial score (nSPS) is 11.8. The van der Waals surface area contributed by atoms with Crippen LogP contribution in [0.3, 0.4) is 0 Å². The van der Waals surface area contributed by atoms with E-state index >= 15 is 0 Å². The first-order chi connectivity index (χ1) is 12.5. The predicted molar refractivity (Wildman–Crippen MR) is 103 cm³/mol. The number of aromatic amines is 1. The number of amides is 1. The molecule has 0 aliphatic heterocycles. The largest absolute Gasteiger partial charge is 0.497 e. The van der Waals surface area contributed by atoms with Gasteiger partial charge in [-0.3, -0.25) is 9.89 Å². The molecule has 0 aliphatic carbocycles. The minimum atomic E-state index is -0.323. The number of anilines is 1. The van der Waals surface area contributed by atoms with E-state index in [9.17, 15) is 4.79 Å². The monoisotopic (exact) mass is 368 g/mol. The Morgan fingerprint density at radius 3 is 2.50 bits per heavy atom. The second kappa shape index (κ2) is 8.05. The van der Waals surface area contributed by atoms with E-state index in [1.54, 1.807) is 7.11 Å². The summed E-state index contributed by atoms with van der Waals surface area (Å²) in [6.45, 7) is 3.84. The Labute approximate surface area is 156 Å². The number of nitrogens with one attached hydrogen (secondary N) is 2. The first-order valence-electron chi connectivity index (χ1n) is 8.16. The Morgan fingerprint density at radius 2 is 1.85 bits per heavy atom. The molecule has 3 rings (SSSR count). The van der Waals surface area contributed by atoms with Crippen LogP contribution in [0.5, 0.6) is 5.75 Å². The zero-order valence-corrected chi connectivity index (χ0v) is 15.6. The molecule has 0 saturated heterocycles. The molecule has 3 aromatic rings. The number of carbonyl (C=O) groups is 1. The van der Waals surface area contributed by atoms with Gasteiger partial charge in [0.1, 0.15) is 5.75 Å². The number of nitrogens with zero attached hydrogens (tertiary/aromatic N) is 2. The summed E-state index contributed by atoms with van der Waals surface area (Å²) < 4.78 is 5.15. The van der Waals surface area contributed by atoms with Crippen LogP contribution in [0.1, 0.15) is 12.5 Å². The highest BCUT2D eigenvalue weighted by molar-refractivity contribution is 8.00. The van der Waals surface area contributed by atoms with E-state index in [1.807, 2.05) is 62.4 Å². The highest BCUT2D eigenvalue weighted by Crippen LogP contribution is 2.24. The highest BCUT2D eigenvalue weighted by atomic mass is 32.2. The summed E-state index contributed by atoms with van der Waals surface area (Å²) in [7, 11) is 1.63. The second-order valence-electron chi connectivity index (χ2n) is 5.81. The fourth-order valence-corrected chi connectivity index (χ4v) is 2.99. The number of aromatic nitrogens is 3. The van der Waals surface area contributed by atoms with Crippen LogP contribution < -0.4 is 10.1 Å². The molecule has 0 bridgehead atoms. The summed E-state index contributed by atoms with van der Waals surface area (Å²) in [5.74, 6) is 1.35. The summed E-state index contributed by atoms with van der Waals surface area (Å²) in [6.07, 6.45) is 0. The molecule has 0 unspecified atom stereocenters. The van der Waals surface area contributed by atoms with Gasteiger partial charge in [-0.25, -0.2) is 4.98 Å². The molecule has 2 aromatic carbocycles. The van der Waals surface area contributed by atoms with Crippen molar-refractivity contribution in [2.24, 2.45) is 0 Å². The topological polar surface area (TPSA) is 79.9 Å². The zero-order chi connectivity index (χ0) is 18.5. The molecule has 0 saturated carbocycles. The van der Waals surface area contributed by atoms with Crippen molar-refractivity contribution in [1.29, 1.82) is 0 Å². The number of hydrogen-bond acceptors (Lipinski definition) is 5. The van der Waals surface area contributed by atoms with Gasteiger partial charge in [-0.15, -0.1) is 5.10 Å². The maximum Gasteiger partial charge on any atom is 0.237 e. The van der Waals surface area contributed by atoms with Crippen molar-refractivity contribution in [3.05, 3.63) is 54.1 Å². The van der Waals surface area contributed by atoms with Gasteiger partial charge in [-0.1, -0.05) is 29.5 Å². The number of benzene rings is 2. The molecule has 134 valence electrons. The maximum absolute atomic E-state index is 12.3. The van der Waals surface area contributed by atoms with E-state index in [0.29, 0.717) is 11.0 Å². The number of aryl methyl sites for hydroxylation is 1. The lowest BCUT2D eigenvalue weighted by molar-refractivity contribution is -0.115. The predicted octanol–water partition coefficient (Wildman–Crippen LogP) is 3.91. The first-order valence-corrected chi connectivity index (χ1v) is 9.04. The van der Waals surface area contributed by atoms with Crippen molar-refractivity contribution in [3.63, 3.8) is 0 Å². The van der Waals surface area contributed by atoms with Crippen LogP contribution in [0.4, 0.5) is 5.69 Å². The van der Waals surface area contributed by atoms with E-state index in [4.69, 9.17) is 4.74 Å². The lowest BCUT2D eigenvalue weighted by atomic mass is 10.2. The fourth-order valence-electron chi connectivity index (χ4n) is 2.27. The molecule has 1 heterocycles. The van der Waals surface area contributed by atoms with E-state index in [-0.39, 0.29) is 11.2 Å². The third-order valence-corrected chi connectivity index (χ3v) is 4.76. The van der Waals surface area contributed by atoms with Crippen LogP contribution >= 0.6 is 11.8 Å². The average Bonchev–Trinajstić information content (AvgIpc) is 3.12. The van der Waals surface area contributed by atoms with Gasteiger partial charge in [0.25, 0.3) is 0 Å². The molecule has 1 aromatic heterocycles. The third-order valence-electron chi connectivity index (χ3n) is 3.80. The van der Waals surface area contributed by atoms with E-state index in [2.05, 4.69) is 20.5 Å². The molecule has 1 atom stereocenters. The van der Waals surface area contributed by atoms with Crippen molar-refractivity contribution in [1.82, 2.24) is 15.2 Å². The van der Waals surface area contributed by atoms with Gasteiger partial charge < -0.3 is 10.1 Å². The molecule has 26 heavy (non-hydrogen) atoms. The molecular formula is C19H20N4O2S. The fraction of sp³-hybridized carbons (Fsp3) is 0.211. The van der Waals surface area contributed by atoms with Crippen LogP contribution in [-0.2, 0) is 4.79 Å². The third kappa shape index (κ3) is 4.43. The van der Waals surface area contributed by atoms with Crippen LogP contribution in [0.15, 0.2) is 53.7 Å². The van der Waals surface area contributed by atoms with Crippen molar-refractivity contribution >= 4 is 23.4 Å². The second-order valence-corrected chi connectivity index (χ2v) is 7.12. The van der Waals surface area contributed by atoms with E-state index in [1.165, 1.54) is 11.8 Å². The number of rotatable bonds is 6. The van der Waals surface area contributed by atoms with Gasteiger partial charge in [0.05, 0.1) is 12.4 Å². The Bertz CT molecular complexity index is 875. The smallest absolute Gasteiger partial charge is 0.237 e. The summed E-state index contributed by atoms with van der Waals surface area (Å²) in [4.78, 5) is 16.8. The zero-order valence-electron chi connectivity index (χ0n) is 14.8. The van der Waals surface area contributed by atoms with Crippen molar-refractivity contribution in [2.75, 3.05) is 12.4 Å². The summed E-state index contributed by atoms with van der Waals surface area (Å²) in [5, 5.41) is 10.2. The Balaban J connectivity index is 1.62. The minimum Gasteiger partial charge on any atom is -0.497 e. The number of methoxy groups -OCH3 is 1. The SMILES string of the molecule is COc1ccc(-c2nc(S[C@@H](C)C(=O)Nc3ccc(C)cc3)n[nH]2)cc1. The molecular weight excluding hydrogens is 348 g/mol. The number of hydrogen-bond donors (Lipinski definition) is 2.